The van der Waals surface area contributed by atoms with E-state index in [1.807, 2.05) is 37.3 Å². The fourth-order valence-corrected chi connectivity index (χ4v) is 4.66. The Bertz CT molecular complexity index is 865. The minimum Gasteiger partial charge on any atom is -0.351 e. The molecule has 0 bridgehead atoms. The number of carbonyl (C=O) groups excluding carboxylic acids is 1. The summed E-state index contributed by atoms with van der Waals surface area (Å²) in [7, 11) is -3.72. The van der Waals surface area contributed by atoms with Crippen LogP contribution in [0, 0.1) is 6.92 Å². The van der Waals surface area contributed by atoms with Crippen LogP contribution in [0.3, 0.4) is 0 Å². The molecule has 2 aromatic rings. The molecule has 5 nitrogen and oxygen atoms in total. The van der Waals surface area contributed by atoms with Crippen molar-refractivity contribution in [2.45, 2.75) is 63.8 Å². The van der Waals surface area contributed by atoms with E-state index in [0.717, 1.165) is 30.4 Å². The molecule has 6 heteroatoms. The summed E-state index contributed by atoms with van der Waals surface area (Å²) in [6, 6.07) is 16.4. The van der Waals surface area contributed by atoms with Gasteiger partial charge in [0.25, 0.3) is 0 Å². The Morgan fingerprint density at radius 2 is 1.53 bits per heavy atom. The van der Waals surface area contributed by atoms with Crippen LogP contribution in [-0.4, -0.2) is 31.7 Å². The van der Waals surface area contributed by atoms with Gasteiger partial charge in [0.05, 0.1) is 11.4 Å². The Kier molecular flexibility index (Phi) is 10.0. The Morgan fingerprint density at radius 3 is 2.20 bits per heavy atom. The number of nitrogens with one attached hydrogen (secondary N) is 1. The molecular weight excluding hydrogens is 396 g/mol. The van der Waals surface area contributed by atoms with Crippen molar-refractivity contribution in [3.05, 3.63) is 65.7 Å². The Hall–Kier alpha value is -2.18. The Morgan fingerprint density at radius 1 is 0.900 bits per heavy atom. The van der Waals surface area contributed by atoms with Gasteiger partial charge in [0.15, 0.2) is 0 Å². The zero-order chi connectivity index (χ0) is 21.8. The summed E-state index contributed by atoms with van der Waals surface area (Å²) in [4.78, 5) is 12.7. The van der Waals surface area contributed by atoms with Crippen molar-refractivity contribution in [3.63, 3.8) is 0 Å². The van der Waals surface area contributed by atoms with Crippen molar-refractivity contribution in [1.82, 2.24) is 9.62 Å². The topological polar surface area (TPSA) is 66.5 Å². The van der Waals surface area contributed by atoms with Gasteiger partial charge in [0.1, 0.15) is 0 Å². The van der Waals surface area contributed by atoms with Crippen molar-refractivity contribution in [2.24, 2.45) is 0 Å². The van der Waals surface area contributed by atoms with Crippen molar-refractivity contribution < 1.29 is 13.2 Å². The van der Waals surface area contributed by atoms with Gasteiger partial charge in [-0.25, -0.2) is 8.42 Å². The average molecular weight is 431 g/mol. The van der Waals surface area contributed by atoms with Crippen molar-refractivity contribution >= 4 is 15.9 Å². The third-order valence-corrected chi connectivity index (χ3v) is 6.93. The highest BCUT2D eigenvalue weighted by Crippen LogP contribution is 2.18. The summed E-state index contributed by atoms with van der Waals surface area (Å²) >= 11 is 0. The molecule has 0 aliphatic carbocycles. The summed E-state index contributed by atoms with van der Waals surface area (Å²) in [5, 5.41) is 2.84. The van der Waals surface area contributed by atoms with Crippen LogP contribution < -0.4 is 5.32 Å². The predicted molar refractivity (Wildman–Crippen MR) is 122 cm³/mol. The Labute approximate surface area is 181 Å². The molecule has 164 valence electrons. The molecule has 0 aromatic heterocycles. The zero-order valence-electron chi connectivity index (χ0n) is 18.1. The minimum atomic E-state index is -3.72. The second kappa shape index (κ2) is 12.5. The first kappa shape index (κ1) is 24.1. The molecule has 0 saturated heterocycles. The number of hydrogen-bond acceptors (Lipinski definition) is 3. The van der Waals surface area contributed by atoms with Crippen LogP contribution in [0.2, 0.25) is 0 Å². The summed E-state index contributed by atoms with van der Waals surface area (Å²) in [6.45, 7) is 4.65. The molecule has 2 aromatic carbocycles. The van der Waals surface area contributed by atoms with Gasteiger partial charge in [-0.15, -0.1) is 0 Å². The number of rotatable bonds is 13. The van der Waals surface area contributed by atoms with Crippen LogP contribution in [0.15, 0.2) is 59.5 Å². The first-order chi connectivity index (χ1) is 14.4. The lowest BCUT2D eigenvalue weighted by Gasteiger charge is -2.22. The van der Waals surface area contributed by atoms with Crippen LogP contribution in [0.5, 0.6) is 0 Å². The average Bonchev–Trinajstić information content (AvgIpc) is 2.75. The van der Waals surface area contributed by atoms with E-state index in [0.29, 0.717) is 13.1 Å². The number of aryl methyl sites for hydroxylation is 1. The largest absolute Gasteiger partial charge is 0.351 e. The molecule has 0 saturated carbocycles. The maximum absolute atomic E-state index is 13.2. The number of amides is 1. The van der Waals surface area contributed by atoms with Gasteiger partial charge in [0.2, 0.25) is 15.9 Å². The maximum atomic E-state index is 13.2. The second-order valence-corrected chi connectivity index (χ2v) is 9.62. The SMILES string of the molecule is CCCCCCCCN(CC(=O)NCc1ccccc1)S(=O)(=O)c1ccc(C)cc1. The highest BCUT2D eigenvalue weighted by Gasteiger charge is 2.26. The first-order valence-electron chi connectivity index (χ1n) is 10.8. The van der Waals surface area contributed by atoms with E-state index in [2.05, 4.69) is 12.2 Å². The third kappa shape index (κ3) is 7.92. The van der Waals surface area contributed by atoms with E-state index >= 15 is 0 Å². The molecule has 30 heavy (non-hydrogen) atoms. The molecule has 1 N–H and O–H groups in total. The lowest BCUT2D eigenvalue weighted by atomic mass is 10.1. The van der Waals surface area contributed by atoms with E-state index in [1.165, 1.54) is 23.6 Å². The number of sulfonamides is 1. The van der Waals surface area contributed by atoms with Gasteiger partial charge in [-0.2, -0.15) is 4.31 Å². The maximum Gasteiger partial charge on any atom is 0.243 e. The molecule has 1 amide bonds. The number of carbonyl (C=O) groups is 1. The first-order valence-corrected chi connectivity index (χ1v) is 12.2. The van der Waals surface area contributed by atoms with Gasteiger partial charge in [0, 0.05) is 13.1 Å². The molecule has 0 heterocycles. The van der Waals surface area contributed by atoms with Crippen LogP contribution in [0.1, 0.15) is 56.6 Å². The highest BCUT2D eigenvalue weighted by atomic mass is 32.2. The minimum absolute atomic E-state index is 0.169. The number of nitrogens with zero attached hydrogens (tertiary/aromatic N) is 1. The molecule has 0 spiro atoms. The van der Waals surface area contributed by atoms with Gasteiger partial charge in [-0.3, -0.25) is 4.79 Å². The molecule has 0 aliphatic rings. The second-order valence-electron chi connectivity index (χ2n) is 7.68. The fourth-order valence-electron chi connectivity index (χ4n) is 3.22. The van der Waals surface area contributed by atoms with E-state index in [9.17, 15) is 13.2 Å². The number of unbranched alkanes of at least 4 members (excludes halogenated alkanes) is 5. The van der Waals surface area contributed by atoms with E-state index in [1.54, 1.807) is 24.3 Å². The summed E-state index contributed by atoms with van der Waals surface area (Å²) in [6.07, 6.45) is 6.35. The van der Waals surface area contributed by atoms with Crippen LogP contribution in [0.25, 0.3) is 0 Å². The van der Waals surface area contributed by atoms with E-state index in [4.69, 9.17) is 0 Å². The molecule has 2 rings (SSSR count). The standard InChI is InChI=1S/C24H34N2O3S/c1-3-4-5-6-7-11-18-26(30(28,29)23-16-14-21(2)15-17-23)20-24(27)25-19-22-12-9-8-10-13-22/h8-10,12-17H,3-7,11,18-20H2,1-2H3,(H,25,27). The van der Waals surface area contributed by atoms with Gasteiger partial charge in [-0.05, 0) is 31.0 Å². The van der Waals surface area contributed by atoms with E-state index < -0.39 is 10.0 Å². The molecule has 0 fully saturated rings. The fraction of sp³-hybridized carbons (Fsp3) is 0.458. The number of benzene rings is 2. The lowest BCUT2D eigenvalue weighted by Crippen LogP contribution is -2.41. The normalized spacial score (nSPS) is 11.6. The summed E-state index contributed by atoms with van der Waals surface area (Å²) in [5.74, 6) is -0.291. The quantitative estimate of drug-likeness (QED) is 0.470. The third-order valence-electron chi connectivity index (χ3n) is 5.07. The van der Waals surface area contributed by atoms with Crippen molar-refractivity contribution in [3.8, 4) is 0 Å². The van der Waals surface area contributed by atoms with Crippen molar-refractivity contribution in [2.75, 3.05) is 13.1 Å². The van der Waals surface area contributed by atoms with E-state index in [-0.39, 0.29) is 17.3 Å². The molecule has 0 aliphatic heterocycles. The molecular formula is C24H34N2O3S. The predicted octanol–water partition coefficient (Wildman–Crippen LogP) is 4.66. The lowest BCUT2D eigenvalue weighted by molar-refractivity contribution is -0.121. The highest BCUT2D eigenvalue weighted by molar-refractivity contribution is 7.89. The molecule has 0 unspecified atom stereocenters. The summed E-state index contributed by atoms with van der Waals surface area (Å²) < 4.78 is 27.6. The summed E-state index contributed by atoms with van der Waals surface area (Å²) in [5.41, 5.74) is 1.98. The zero-order valence-corrected chi connectivity index (χ0v) is 19.0. The van der Waals surface area contributed by atoms with Crippen LogP contribution in [0.4, 0.5) is 0 Å². The van der Waals surface area contributed by atoms with Crippen LogP contribution >= 0.6 is 0 Å². The molecule has 0 radical (unpaired) electrons. The van der Waals surface area contributed by atoms with Gasteiger partial charge >= 0.3 is 0 Å². The number of hydrogen-bond donors (Lipinski definition) is 1. The molecule has 0 atom stereocenters. The monoisotopic (exact) mass is 430 g/mol. The van der Waals surface area contributed by atoms with Crippen molar-refractivity contribution in [1.29, 1.82) is 0 Å². The smallest absolute Gasteiger partial charge is 0.243 e. The van der Waals surface area contributed by atoms with Crippen LogP contribution in [-0.2, 0) is 21.4 Å². The van der Waals surface area contributed by atoms with Gasteiger partial charge in [-0.1, -0.05) is 87.1 Å². The van der Waals surface area contributed by atoms with Gasteiger partial charge < -0.3 is 5.32 Å². The Balaban J connectivity index is 2.02.